The molecule has 2 aromatic carbocycles. The molecule has 2 unspecified atom stereocenters. The van der Waals surface area contributed by atoms with Crippen LogP contribution in [0.25, 0.3) is 0 Å². The molecule has 2 aromatic rings. The Labute approximate surface area is 180 Å². The molecule has 158 valence electrons. The van der Waals surface area contributed by atoms with Gasteiger partial charge in [-0.2, -0.15) is 0 Å². The Kier molecular flexibility index (Phi) is 7.78. The first kappa shape index (κ1) is 22.3. The van der Waals surface area contributed by atoms with Crippen LogP contribution < -0.4 is 5.73 Å². The third kappa shape index (κ3) is 6.31. The van der Waals surface area contributed by atoms with Crippen LogP contribution in [0.3, 0.4) is 0 Å². The first-order chi connectivity index (χ1) is 13.9. The average Bonchev–Trinajstić information content (AvgIpc) is 2.69. The third-order valence-electron chi connectivity index (χ3n) is 5.93. The molecule has 0 fully saturated rings. The first-order valence-corrected chi connectivity index (χ1v) is 12.9. The normalized spacial score (nSPS) is 19.1. The Hall–Kier alpha value is -1.36. The zero-order valence-electron chi connectivity index (χ0n) is 17.2. The summed E-state index contributed by atoms with van der Waals surface area (Å²) in [6.07, 6.45) is 6.20. The van der Waals surface area contributed by atoms with Crippen LogP contribution in [0, 0.1) is 0 Å². The summed E-state index contributed by atoms with van der Waals surface area (Å²) in [6.45, 7) is 1.91. The van der Waals surface area contributed by atoms with Crippen molar-refractivity contribution < 1.29 is 8.42 Å². The molecule has 0 bridgehead atoms. The lowest BCUT2D eigenvalue weighted by molar-refractivity contribution is 0.467. The van der Waals surface area contributed by atoms with Crippen LogP contribution in [-0.2, 0) is 29.1 Å². The fourth-order valence-electron chi connectivity index (χ4n) is 4.33. The van der Waals surface area contributed by atoms with E-state index < -0.39 is 9.84 Å². The number of sulfone groups is 1. The first-order valence-electron chi connectivity index (χ1n) is 10.7. The van der Waals surface area contributed by atoms with Crippen LogP contribution in [-0.4, -0.2) is 26.0 Å². The van der Waals surface area contributed by atoms with E-state index in [-0.39, 0.29) is 6.04 Å². The van der Waals surface area contributed by atoms with Gasteiger partial charge in [-0.25, -0.2) is 8.42 Å². The second kappa shape index (κ2) is 10.1. The molecule has 2 atom stereocenters. The van der Waals surface area contributed by atoms with E-state index in [1.54, 1.807) is 0 Å². The van der Waals surface area contributed by atoms with Gasteiger partial charge in [0.15, 0.2) is 0 Å². The number of hydrogen-bond acceptors (Lipinski definition) is 3. The van der Waals surface area contributed by atoms with Gasteiger partial charge in [0, 0.05) is 22.7 Å². The standard InChI is InChI=1S/C24H32ClNO2S/c1-2-14-29(27,28)15-4-3-5-18-6-9-20-10-13-24(26)23(22(20)16-18)17-19-7-11-21(25)12-8-19/h6-9,11-12,16,23-24H,2-5,10,13-15,17,26H2,1H3. The molecule has 5 heteroatoms. The highest BCUT2D eigenvalue weighted by molar-refractivity contribution is 7.91. The second-order valence-electron chi connectivity index (χ2n) is 8.28. The molecule has 0 aromatic heterocycles. The summed E-state index contributed by atoms with van der Waals surface area (Å²) < 4.78 is 23.8. The Morgan fingerprint density at radius 3 is 2.48 bits per heavy atom. The summed E-state index contributed by atoms with van der Waals surface area (Å²) in [4.78, 5) is 0. The van der Waals surface area contributed by atoms with Gasteiger partial charge in [0.1, 0.15) is 9.84 Å². The molecule has 1 aliphatic carbocycles. The maximum absolute atomic E-state index is 11.9. The summed E-state index contributed by atoms with van der Waals surface area (Å²) in [5.74, 6) is 0.913. The Morgan fingerprint density at radius 2 is 1.76 bits per heavy atom. The maximum Gasteiger partial charge on any atom is 0.150 e. The lowest BCUT2D eigenvalue weighted by Gasteiger charge is -2.32. The minimum Gasteiger partial charge on any atom is -0.327 e. The molecule has 3 rings (SSSR count). The van der Waals surface area contributed by atoms with Crippen molar-refractivity contribution in [1.82, 2.24) is 0 Å². The predicted molar refractivity (Wildman–Crippen MR) is 123 cm³/mol. The average molecular weight is 434 g/mol. The summed E-state index contributed by atoms with van der Waals surface area (Å²) in [7, 11) is -2.88. The number of fused-ring (bicyclic) bond motifs is 1. The van der Waals surface area contributed by atoms with Gasteiger partial charge < -0.3 is 5.73 Å². The minimum absolute atomic E-state index is 0.160. The number of benzene rings is 2. The Bertz CT molecular complexity index is 909. The van der Waals surface area contributed by atoms with Gasteiger partial charge in [-0.1, -0.05) is 48.9 Å². The number of hydrogen-bond donors (Lipinski definition) is 1. The molecule has 2 N–H and O–H groups in total. The molecule has 0 heterocycles. The van der Waals surface area contributed by atoms with Gasteiger partial charge in [-0.05, 0) is 79.3 Å². The molecular formula is C24H32ClNO2S. The highest BCUT2D eigenvalue weighted by Gasteiger charge is 2.27. The van der Waals surface area contributed by atoms with E-state index in [2.05, 4.69) is 30.3 Å². The van der Waals surface area contributed by atoms with Gasteiger partial charge in [-0.3, -0.25) is 0 Å². The van der Waals surface area contributed by atoms with Gasteiger partial charge >= 0.3 is 0 Å². The highest BCUT2D eigenvalue weighted by Crippen LogP contribution is 2.34. The Balaban J connectivity index is 1.67. The predicted octanol–water partition coefficient (Wildman–Crippen LogP) is 5.09. The van der Waals surface area contributed by atoms with E-state index in [9.17, 15) is 8.42 Å². The maximum atomic E-state index is 11.9. The monoisotopic (exact) mass is 433 g/mol. The fourth-order valence-corrected chi connectivity index (χ4v) is 5.92. The molecule has 0 saturated heterocycles. The fraction of sp³-hybridized carbons (Fsp3) is 0.500. The number of unbranched alkanes of at least 4 members (excludes halogenated alkanes) is 1. The van der Waals surface area contributed by atoms with Crippen LogP contribution in [0.2, 0.25) is 5.02 Å². The zero-order valence-corrected chi connectivity index (χ0v) is 18.8. The van der Waals surface area contributed by atoms with E-state index in [0.29, 0.717) is 23.8 Å². The van der Waals surface area contributed by atoms with Crippen molar-refractivity contribution in [2.45, 2.75) is 63.8 Å². The summed E-state index contributed by atoms with van der Waals surface area (Å²) >= 11 is 6.03. The van der Waals surface area contributed by atoms with Crippen molar-refractivity contribution in [3.8, 4) is 0 Å². The van der Waals surface area contributed by atoms with Gasteiger partial charge in [0.2, 0.25) is 0 Å². The van der Waals surface area contributed by atoms with Gasteiger partial charge in [0.05, 0.1) is 5.75 Å². The SMILES string of the molecule is CCCS(=O)(=O)CCCCc1ccc2c(c1)C(Cc1ccc(Cl)cc1)C(N)CC2. The molecule has 0 spiro atoms. The summed E-state index contributed by atoms with van der Waals surface area (Å²) in [5.41, 5.74) is 11.8. The van der Waals surface area contributed by atoms with Gasteiger partial charge in [0.25, 0.3) is 0 Å². The van der Waals surface area contributed by atoms with Crippen molar-refractivity contribution in [3.63, 3.8) is 0 Å². The number of rotatable bonds is 9. The van der Waals surface area contributed by atoms with Gasteiger partial charge in [-0.15, -0.1) is 0 Å². The van der Waals surface area contributed by atoms with Crippen LogP contribution >= 0.6 is 11.6 Å². The smallest absolute Gasteiger partial charge is 0.150 e. The van der Waals surface area contributed by atoms with Crippen molar-refractivity contribution in [2.75, 3.05) is 11.5 Å². The lowest BCUT2D eigenvalue weighted by Crippen LogP contribution is -2.34. The van der Waals surface area contributed by atoms with E-state index >= 15 is 0 Å². The molecule has 3 nitrogen and oxygen atoms in total. The molecule has 0 aliphatic heterocycles. The van der Waals surface area contributed by atoms with Crippen molar-refractivity contribution in [1.29, 1.82) is 0 Å². The molecule has 1 aliphatic rings. The second-order valence-corrected chi connectivity index (χ2v) is 11.0. The highest BCUT2D eigenvalue weighted by atomic mass is 35.5. The van der Waals surface area contributed by atoms with E-state index in [0.717, 1.165) is 43.5 Å². The van der Waals surface area contributed by atoms with Crippen LogP contribution in [0.15, 0.2) is 42.5 Å². The Morgan fingerprint density at radius 1 is 1.03 bits per heavy atom. The minimum atomic E-state index is -2.88. The van der Waals surface area contributed by atoms with Crippen LogP contribution in [0.4, 0.5) is 0 Å². The van der Waals surface area contributed by atoms with E-state index in [4.69, 9.17) is 17.3 Å². The molecule has 0 radical (unpaired) electrons. The third-order valence-corrected chi connectivity index (χ3v) is 8.12. The summed E-state index contributed by atoms with van der Waals surface area (Å²) in [6, 6.07) is 15.0. The number of halogens is 1. The quantitative estimate of drug-likeness (QED) is 0.560. The molecule has 0 amide bonds. The van der Waals surface area contributed by atoms with Crippen molar-refractivity contribution in [2.24, 2.45) is 5.73 Å². The van der Waals surface area contributed by atoms with E-state index in [1.165, 1.54) is 22.3 Å². The molecule has 0 saturated carbocycles. The van der Waals surface area contributed by atoms with Crippen molar-refractivity contribution >= 4 is 21.4 Å². The zero-order chi connectivity index (χ0) is 20.9. The number of nitrogens with two attached hydrogens (primary N) is 1. The summed E-state index contributed by atoms with van der Waals surface area (Å²) in [5, 5.41) is 0.755. The van der Waals surface area contributed by atoms with Crippen LogP contribution in [0.5, 0.6) is 0 Å². The van der Waals surface area contributed by atoms with E-state index in [1.807, 2.05) is 19.1 Å². The molecule has 29 heavy (non-hydrogen) atoms. The molecular weight excluding hydrogens is 402 g/mol. The van der Waals surface area contributed by atoms with Crippen LogP contribution in [0.1, 0.15) is 60.8 Å². The largest absolute Gasteiger partial charge is 0.327 e. The van der Waals surface area contributed by atoms with Crippen molar-refractivity contribution in [3.05, 3.63) is 69.7 Å². The number of aryl methyl sites for hydroxylation is 2. The lowest BCUT2D eigenvalue weighted by atomic mass is 9.76. The topological polar surface area (TPSA) is 60.2 Å².